The van der Waals surface area contributed by atoms with Gasteiger partial charge in [-0.1, -0.05) is 30.3 Å². The maximum atomic E-state index is 13.0. The fraction of sp³-hybridized carbons (Fsp3) is 0.0769. The average Bonchev–Trinajstić information content (AvgIpc) is 3.21. The van der Waals surface area contributed by atoms with Crippen LogP contribution in [0.25, 0.3) is 44.6 Å². The fourth-order valence-electron chi connectivity index (χ4n) is 4.03. The highest BCUT2D eigenvalue weighted by Gasteiger charge is 2.28. The van der Waals surface area contributed by atoms with Crippen molar-refractivity contribution in [2.24, 2.45) is 0 Å². The van der Waals surface area contributed by atoms with Crippen molar-refractivity contribution in [2.45, 2.75) is 6.42 Å². The van der Waals surface area contributed by atoms with Gasteiger partial charge in [0.25, 0.3) is 0 Å². The maximum Gasteiger partial charge on any atom is 0.307 e. The first kappa shape index (κ1) is 21.1. The molecular weight excluding hydrogens is 440 g/mol. The summed E-state index contributed by atoms with van der Waals surface area (Å²) in [5, 5.41) is 30.7. The van der Waals surface area contributed by atoms with E-state index < -0.39 is 29.3 Å². The van der Waals surface area contributed by atoms with Crippen LogP contribution in [-0.4, -0.2) is 28.4 Å². The molecule has 0 saturated heterocycles. The molecule has 0 atom stereocenters. The Bertz CT molecular complexity index is 1610. The topological polar surface area (TPSA) is 130 Å². The molecule has 0 spiro atoms. The number of hydrogen-bond donors (Lipinski definition) is 3. The summed E-state index contributed by atoms with van der Waals surface area (Å²) in [7, 11) is 1.52. The molecule has 34 heavy (non-hydrogen) atoms. The number of aliphatic carboxylic acids is 1. The molecule has 3 aromatic carbocycles. The first-order valence-corrected chi connectivity index (χ1v) is 10.3. The molecule has 0 unspecified atom stereocenters. The minimum Gasteiger partial charge on any atom is -0.504 e. The van der Waals surface area contributed by atoms with E-state index in [1.54, 1.807) is 48.5 Å². The van der Waals surface area contributed by atoms with E-state index in [2.05, 4.69) is 0 Å². The lowest BCUT2D eigenvalue weighted by Gasteiger charge is -2.08. The van der Waals surface area contributed by atoms with Crippen LogP contribution >= 0.6 is 0 Å². The van der Waals surface area contributed by atoms with E-state index in [1.807, 2.05) is 6.07 Å². The summed E-state index contributed by atoms with van der Waals surface area (Å²) in [5.41, 5.74) is 0.476. The van der Waals surface area contributed by atoms with Gasteiger partial charge in [0.2, 0.25) is 5.75 Å². The molecule has 0 fully saturated rings. The van der Waals surface area contributed by atoms with Gasteiger partial charge in [0.05, 0.1) is 18.9 Å². The van der Waals surface area contributed by atoms with Gasteiger partial charge in [-0.25, -0.2) is 0 Å². The molecular formula is C26H18O8. The van der Waals surface area contributed by atoms with E-state index >= 15 is 0 Å². The van der Waals surface area contributed by atoms with Gasteiger partial charge in [-0.05, 0) is 24.3 Å². The largest absolute Gasteiger partial charge is 0.504 e. The van der Waals surface area contributed by atoms with Crippen LogP contribution in [0.2, 0.25) is 0 Å². The predicted octanol–water partition coefficient (Wildman–Crippen LogP) is 4.92. The average molecular weight is 458 g/mol. The van der Waals surface area contributed by atoms with Crippen molar-refractivity contribution < 1.29 is 33.7 Å². The van der Waals surface area contributed by atoms with Crippen molar-refractivity contribution in [3.8, 4) is 39.9 Å². The SMILES string of the molecule is COc1ccc(-c2oc3c(O)c(O)c4c(=O)cc(-c5ccccc5)oc4c3c2CC(=O)O)cc1. The summed E-state index contributed by atoms with van der Waals surface area (Å²) in [6.07, 6.45) is -0.479. The number of benzene rings is 3. The van der Waals surface area contributed by atoms with Gasteiger partial charge in [0.1, 0.15) is 22.7 Å². The van der Waals surface area contributed by atoms with Crippen LogP contribution in [0.3, 0.4) is 0 Å². The smallest absolute Gasteiger partial charge is 0.307 e. The van der Waals surface area contributed by atoms with Gasteiger partial charge in [0.15, 0.2) is 22.3 Å². The zero-order valence-electron chi connectivity index (χ0n) is 17.9. The van der Waals surface area contributed by atoms with Gasteiger partial charge in [0, 0.05) is 22.8 Å². The fourth-order valence-corrected chi connectivity index (χ4v) is 4.03. The minimum absolute atomic E-state index is 0.0728. The third-order valence-electron chi connectivity index (χ3n) is 5.60. The Morgan fingerprint density at radius 1 is 0.882 bits per heavy atom. The van der Waals surface area contributed by atoms with Crippen molar-refractivity contribution in [2.75, 3.05) is 7.11 Å². The number of carbonyl (C=O) groups is 1. The second-order valence-electron chi connectivity index (χ2n) is 7.66. The molecule has 8 heteroatoms. The molecule has 0 aliphatic carbocycles. The molecule has 0 aliphatic heterocycles. The van der Waals surface area contributed by atoms with Gasteiger partial charge in [-0.3, -0.25) is 9.59 Å². The summed E-state index contributed by atoms with van der Waals surface area (Å²) in [6, 6.07) is 16.8. The van der Waals surface area contributed by atoms with Crippen LogP contribution in [0.4, 0.5) is 0 Å². The summed E-state index contributed by atoms with van der Waals surface area (Å²) in [6.45, 7) is 0. The number of carboxylic acids is 1. The standard InChI is InChI=1S/C26H18O8/c1-32-15-9-7-14(8-10-15)24-16(11-19(28)29)20-25-21(22(30)23(31)26(20)34-24)17(27)12-18(33-25)13-5-3-2-4-6-13/h2-10,12,30-31H,11H2,1H3,(H,28,29). The highest BCUT2D eigenvalue weighted by molar-refractivity contribution is 6.12. The van der Waals surface area contributed by atoms with Crippen LogP contribution in [0.5, 0.6) is 17.2 Å². The zero-order valence-corrected chi connectivity index (χ0v) is 17.9. The van der Waals surface area contributed by atoms with E-state index in [4.69, 9.17) is 13.6 Å². The monoisotopic (exact) mass is 458 g/mol. The van der Waals surface area contributed by atoms with Crippen LogP contribution in [0.15, 0.2) is 74.3 Å². The summed E-state index contributed by atoms with van der Waals surface area (Å²) >= 11 is 0. The van der Waals surface area contributed by atoms with Crippen molar-refractivity contribution in [3.05, 3.63) is 76.5 Å². The first-order valence-electron chi connectivity index (χ1n) is 10.3. The molecule has 0 aliphatic rings. The molecule has 0 bridgehead atoms. The quantitative estimate of drug-likeness (QED) is 0.316. The Hall–Kier alpha value is -4.72. The van der Waals surface area contributed by atoms with E-state index in [0.29, 0.717) is 16.9 Å². The van der Waals surface area contributed by atoms with Crippen LogP contribution < -0.4 is 10.2 Å². The molecule has 0 radical (unpaired) electrons. The Morgan fingerprint density at radius 2 is 1.59 bits per heavy atom. The van der Waals surface area contributed by atoms with Crippen LogP contribution in [0, 0.1) is 0 Å². The summed E-state index contributed by atoms with van der Waals surface area (Å²) in [5.74, 6) is -1.56. The molecule has 0 saturated carbocycles. The van der Waals surface area contributed by atoms with E-state index in [0.717, 1.165) is 0 Å². The third-order valence-corrected chi connectivity index (χ3v) is 5.60. The highest BCUT2D eigenvalue weighted by atomic mass is 16.5. The van der Waals surface area contributed by atoms with E-state index in [9.17, 15) is 24.9 Å². The van der Waals surface area contributed by atoms with Crippen molar-refractivity contribution in [1.29, 1.82) is 0 Å². The molecule has 2 heterocycles. The molecule has 3 N–H and O–H groups in total. The number of rotatable bonds is 5. The number of phenolic OH excluding ortho intramolecular Hbond substituents is 2. The van der Waals surface area contributed by atoms with Crippen molar-refractivity contribution in [3.63, 3.8) is 0 Å². The van der Waals surface area contributed by atoms with Gasteiger partial charge >= 0.3 is 5.97 Å². The molecule has 8 nitrogen and oxygen atoms in total. The Kier molecular flexibility index (Phi) is 4.98. The zero-order chi connectivity index (χ0) is 24.0. The van der Waals surface area contributed by atoms with Gasteiger partial charge in [-0.2, -0.15) is 0 Å². The summed E-state index contributed by atoms with van der Waals surface area (Å²) < 4.78 is 17.1. The molecule has 170 valence electrons. The number of ether oxygens (including phenoxy) is 1. The number of hydrogen-bond acceptors (Lipinski definition) is 7. The molecule has 0 amide bonds. The van der Waals surface area contributed by atoms with Crippen LogP contribution in [-0.2, 0) is 11.2 Å². The Balaban J connectivity index is 1.91. The number of fused-ring (bicyclic) bond motifs is 3. The number of carboxylic acid groups (broad SMARTS) is 1. The number of furan rings is 1. The van der Waals surface area contributed by atoms with Crippen LogP contribution in [0.1, 0.15) is 5.56 Å². The Morgan fingerprint density at radius 3 is 2.24 bits per heavy atom. The lowest BCUT2D eigenvalue weighted by atomic mass is 10.00. The van der Waals surface area contributed by atoms with Crippen molar-refractivity contribution in [1.82, 2.24) is 0 Å². The molecule has 2 aromatic heterocycles. The number of aromatic hydroxyl groups is 2. The Labute approximate surface area is 191 Å². The van der Waals surface area contributed by atoms with Gasteiger partial charge < -0.3 is 28.9 Å². The lowest BCUT2D eigenvalue weighted by molar-refractivity contribution is -0.136. The second-order valence-corrected chi connectivity index (χ2v) is 7.66. The van der Waals surface area contributed by atoms with E-state index in [1.165, 1.54) is 13.2 Å². The lowest BCUT2D eigenvalue weighted by Crippen LogP contribution is -2.03. The normalized spacial score (nSPS) is 11.2. The predicted molar refractivity (Wildman–Crippen MR) is 124 cm³/mol. The summed E-state index contributed by atoms with van der Waals surface area (Å²) in [4.78, 5) is 24.8. The molecule has 5 rings (SSSR count). The maximum absolute atomic E-state index is 13.0. The third kappa shape index (κ3) is 3.32. The van der Waals surface area contributed by atoms with Crippen molar-refractivity contribution >= 4 is 27.9 Å². The first-order chi connectivity index (χ1) is 16.4. The second kappa shape index (κ2) is 8.00. The van der Waals surface area contributed by atoms with E-state index in [-0.39, 0.29) is 39.0 Å². The highest BCUT2D eigenvalue weighted by Crippen LogP contribution is 2.47. The van der Waals surface area contributed by atoms with Gasteiger partial charge in [-0.15, -0.1) is 0 Å². The number of phenols is 2. The minimum atomic E-state index is -1.15. The number of methoxy groups -OCH3 is 1. The molecule has 5 aromatic rings.